The predicted molar refractivity (Wildman–Crippen MR) is 287 cm³/mol. The van der Waals surface area contributed by atoms with Crippen molar-refractivity contribution in [2.45, 2.75) is 19.3 Å². The Balaban J connectivity index is 0.970. The van der Waals surface area contributed by atoms with Crippen LogP contribution in [0, 0.1) is 13.8 Å². The molecule has 1 aliphatic rings. The van der Waals surface area contributed by atoms with Crippen molar-refractivity contribution in [2.75, 3.05) is 0 Å². The van der Waals surface area contributed by atoms with Crippen LogP contribution in [0.25, 0.3) is 93.9 Å². The van der Waals surface area contributed by atoms with E-state index in [9.17, 15) is 0 Å². The largest absolute Gasteiger partial charge is 0.309 e. The van der Waals surface area contributed by atoms with E-state index in [1.54, 1.807) is 0 Å². The fraction of sp³-hybridized carbons (Fsp3) is 0.0448. The highest BCUT2D eigenvalue weighted by Crippen LogP contribution is 2.57. The fourth-order valence-electron chi connectivity index (χ4n) is 11.6. The number of fused-ring (bicyclic) bond motifs is 8. The zero-order valence-corrected chi connectivity index (χ0v) is 38.1. The molecule has 1 nitrogen and oxygen atoms in total. The van der Waals surface area contributed by atoms with Crippen molar-refractivity contribution in [3.8, 4) is 61.3 Å². The molecule has 0 aliphatic heterocycles. The summed E-state index contributed by atoms with van der Waals surface area (Å²) in [5.41, 5.74) is 23.1. The van der Waals surface area contributed by atoms with Gasteiger partial charge in [-0.1, -0.05) is 205 Å². The number of benzene rings is 11. The lowest BCUT2D eigenvalue weighted by molar-refractivity contribution is 0.769. The van der Waals surface area contributed by atoms with Crippen LogP contribution in [0.15, 0.2) is 249 Å². The van der Waals surface area contributed by atoms with Gasteiger partial charge in [0.15, 0.2) is 0 Å². The molecule has 0 atom stereocenters. The standard InChI is InChI=1S/C67H47N/c1-44-36-45(2)38-51(37-44)54-40-52(46-16-6-3-7-17-46)39-53(41-54)47-26-31-57(32-27-47)68-64-34-30-49(42-61(64)66-58-23-13-12-18-48(58)29-35-65(66)68)50-28-33-60-59-24-14-15-25-62(59)67(63(60)43-50,55-19-8-4-9-20-55)56-21-10-5-11-22-56/h3-43H,1-2H3. The molecule has 0 saturated heterocycles. The van der Waals surface area contributed by atoms with Gasteiger partial charge in [0.1, 0.15) is 0 Å². The van der Waals surface area contributed by atoms with Crippen LogP contribution in [0.3, 0.4) is 0 Å². The lowest BCUT2D eigenvalue weighted by Crippen LogP contribution is -2.28. The number of aryl methyl sites for hydroxylation is 2. The van der Waals surface area contributed by atoms with Crippen LogP contribution >= 0.6 is 0 Å². The average molecular weight is 866 g/mol. The third-order valence-electron chi connectivity index (χ3n) is 14.5. The second-order valence-electron chi connectivity index (χ2n) is 18.6. The van der Waals surface area contributed by atoms with Crippen molar-refractivity contribution in [3.05, 3.63) is 282 Å². The molecule has 320 valence electrons. The molecule has 1 heterocycles. The van der Waals surface area contributed by atoms with Gasteiger partial charge >= 0.3 is 0 Å². The molecule has 0 amide bonds. The van der Waals surface area contributed by atoms with Crippen LogP contribution in [0.1, 0.15) is 33.4 Å². The molecule has 0 N–H and O–H groups in total. The molecule has 0 spiro atoms. The highest BCUT2D eigenvalue weighted by Gasteiger charge is 2.46. The van der Waals surface area contributed by atoms with E-state index in [0.29, 0.717) is 0 Å². The van der Waals surface area contributed by atoms with Crippen LogP contribution in [0.2, 0.25) is 0 Å². The first-order valence-corrected chi connectivity index (χ1v) is 23.7. The number of hydrogen-bond donors (Lipinski definition) is 0. The Bertz CT molecular complexity index is 3840. The lowest BCUT2D eigenvalue weighted by atomic mass is 9.67. The molecule has 1 heteroatoms. The predicted octanol–water partition coefficient (Wildman–Crippen LogP) is 17.6. The minimum Gasteiger partial charge on any atom is -0.309 e. The van der Waals surface area contributed by atoms with Crippen LogP contribution in [0.5, 0.6) is 0 Å². The van der Waals surface area contributed by atoms with E-state index in [0.717, 1.165) is 5.69 Å². The Kier molecular flexibility index (Phi) is 9.27. The Labute approximate surface area is 397 Å². The van der Waals surface area contributed by atoms with Gasteiger partial charge in [-0.2, -0.15) is 0 Å². The molecule has 0 fully saturated rings. The monoisotopic (exact) mass is 865 g/mol. The molecule has 1 aromatic heterocycles. The molecule has 11 aromatic carbocycles. The second-order valence-corrected chi connectivity index (χ2v) is 18.6. The SMILES string of the molecule is Cc1cc(C)cc(-c2cc(-c3ccccc3)cc(-c3ccc(-n4c5ccc(-c6ccc7c(c6)C(c6ccccc6)(c6ccccc6)c6ccccc6-7)cc5c5c6ccccc6ccc54)cc3)c2)c1. The molecule has 0 unspecified atom stereocenters. The second kappa shape index (κ2) is 15.8. The van der Waals surface area contributed by atoms with E-state index < -0.39 is 5.41 Å². The van der Waals surface area contributed by atoms with E-state index in [1.165, 1.54) is 122 Å². The van der Waals surface area contributed by atoms with E-state index in [2.05, 4.69) is 267 Å². The Morgan fingerprint density at radius 2 is 0.824 bits per heavy atom. The molecule has 13 rings (SSSR count). The molecule has 68 heavy (non-hydrogen) atoms. The quantitative estimate of drug-likeness (QED) is 0.150. The van der Waals surface area contributed by atoms with E-state index in [1.807, 2.05) is 0 Å². The summed E-state index contributed by atoms with van der Waals surface area (Å²) in [7, 11) is 0. The maximum absolute atomic E-state index is 2.48. The smallest absolute Gasteiger partial charge is 0.0713 e. The maximum Gasteiger partial charge on any atom is 0.0713 e. The van der Waals surface area contributed by atoms with Gasteiger partial charge in [0.25, 0.3) is 0 Å². The molecule has 0 saturated carbocycles. The summed E-state index contributed by atoms with van der Waals surface area (Å²) >= 11 is 0. The van der Waals surface area contributed by atoms with Gasteiger partial charge in [-0.3, -0.25) is 0 Å². The molecule has 0 bridgehead atoms. The third-order valence-corrected chi connectivity index (χ3v) is 14.5. The lowest BCUT2D eigenvalue weighted by Gasteiger charge is -2.34. The van der Waals surface area contributed by atoms with Gasteiger partial charge in [0.05, 0.1) is 16.4 Å². The van der Waals surface area contributed by atoms with Crippen molar-refractivity contribution in [1.29, 1.82) is 0 Å². The van der Waals surface area contributed by atoms with Gasteiger partial charge in [0.2, 0.25) is 0 Å². The average Bonchev–Trinajstić information content (AvgIpc) is 3.89. The van der Waals surface area contributed by atoms with Gasteiger partial charge in [-0.05, 0) is 157 Å². The Morgan fingerprint density at radius 3 is 1.53 bits per heavy atom. The zero-order valence-electron chi connectivity index (χ0n) is 38.1. The van der Waals surface area contributed by atoms with Gasteiger partial charge in [-0.15, -0.1) is 0 Å². The summed E-state index contributed by atoms with van der Waals surface area (Å²) in [5, 5.41) is 5.02. The zero-order chi connectivity index (χ0) is 45.3. The van der Waals surface area contributed by atoms with Crippen LogP contribution < -0.4 is 0 Å². The number of aromatic nitrogens is 1. The Morgan fingerprint density at radius 1 is 0.309 bits per heavy atom. The van der Waals surface area contributed by atoms with E-state index >= 15 is 0 Å². The van der Waals surface area contributed by atoms with Crippen LogP contribution in [-0.4, -0.2) is 4.57 Å². The van der Waals surface area contributed by atoms with Crippen LogP contribution in [0.4, 0.5) is 0 Å². The summed E-state index contributed by atoms with van der Waals surface area (Å²) in [6, 6.07) is 92.7. The first kappa shape index (κ1) is 39.8. The van der Waals surface area contributed by atoms with E-state index in [4.69, 9.17) is 0 Å². The molecular formula is C67H47N. The summed E-state index contributed by atoms with van der Waals surface area (Å²) in [5.74, 6) is 0. The summed E-state index contributed by atoms with van der Waals surface area (Å²) in [6.07, 6.45) is 0. The van der Waals surface area contributed by atoms with Crippen molar-refractivity contribution in [1.82, 2.24) is 4.57 Å². The third kappa shape index (κ3) is 6.31. The molecular weight excluding hydrogens is 819 g/mol. The number of rotatable bonds is 7. The highest BCUT2D eigenvalue weighted by atomic mass is 15.0. The van der Waals surface area contributed by atoms with Crippen molar-refractivity contribution >= 4 is 32.6 Å². The topological polar surface area (TPSA) is 4.93 Å². The summed E-state index contributed by atoms with van der Waals surface area (Å²) in [4.78, 5) is 0. The first-order chi connectivity index (χ1) is 33.5. The highest BCUT2D eigenvalue weighted by molar-refractivity contribution is 6.22. The molecule has 12 aromatic rings. The van der Waals surface area contributed by atoms with Crippen molar-refractivity contribution in [2.24, 2.45) is 0 Å². The van der Waals surface area contributed by atoms with E-state index in [-0.39, 0.29) is 0 Å². The minimum atomic E-state index is -0.461. The van der Waals surface area contributed by atoms with Gasteiger partial charge < -0.3 is 4.57 Å². The summed E-state index contributed by atoms with van der Waals surface area (Å²) < 4.78 is 2.46. The van der Waals surface area contributed by atoms with Gasteiger partial charge in [0, 0.05) is 16.5 Å². The molecule has 0 radical (unpaired) electrons. The number of nitrogens with zero attached hydrogens (tertiary/aromatic N) is 1. The van der Waals surface area contributed by atoms with Crippen LogP contribution in [-0.2, 0) is 5.41 Å². The van der Waals surface area contributed by atoms with Crippen molar-refractivity contribution < 1.29 is 0 Å². The first-order valence-electron chi connectivity index (χ1n) is 23.7. The van der Waals surface area contributed by atoms with Gasteiger partial charge in [-0.25, -0.2) is 0 Å². The number of hydrogen-bond acceptors (Lipinski definition) is 0. The Hall–Kier alpha value is -8.52. The fourth-order valence-corrected chi connectivity index (χ4v) is 11.6. The molecule has 1 aliphatic carbocycles. The normalized spacial score (nSPS) is 12.7. The minimum absolute atomic E-state index is 0.461. The summed E-state index contributed by atoms with van der Waals surface area (Å²) in [6.45, 7) is 4.37. The van der Waals surface area contributed by atoms with Crippen molar-refractivity contribution in [3.63, 3.8) is 0 Å². The maximum atomic E-state index is 2.48.